The van der Waals surface area contributed by atoms with Gasteiger partial charge in [0.1, 0.15) is 12.4 Å². The van der Waals surface area contributed by atoms with Crippen molar-refractivity contribution in [3.63, 3.8) is 0 Å². The molecule has 0 aliphatic rings. The van der Waals surface area contributed by atoms with Crippen LogP contribution in [0.4, 0.5) is 11.4 Å². The maximum Gasteiger partial charge on any atom is 0.253 e. The van der Waals surface area contributed by atoms with E-state index in [0.29, 0.717) is 17.9 Å². The van der Waals surface area contributed by atoms with Gasteiger partial charge < -0.3 is 20.3 Å². The van der Waals surface area contributed by atoms with Gasteiger partial charge in [0.25, 0.3) is 5.91 Å². The van der Waals surface area contributed by atoms with Gasteiger partial charge in [0, 0.05) is 36.1 Å². The maximum absolute atomic E-state index is 12.8. The van der Waals surface area contributed by atoms with E-state index in [1.165, 1.54) is 0 Å². The Labute approximate surface area is 201 Å². The second kappa shape index (κ2) is 13.0. The zero-order chi connectivity index (χ0) is 24.2. The highest BCUT2D eigenvalue weighted by Gasteiger charge is 2.15. The maximum atomic E-state index is 12.8. The summed E-state index contributed by atoms with van der Waals surface area (Å²) >= 11 is 0. The summed E-state index contributed by atoms with van der Waals surface area (Å²) in [6, 6.07) is 24.6. The number of rotatable bonds is 12. The summed E-state index contributed by atoms with van der Waals surface area (Å²) in [6.07, 6.45) is 1.82. The second-order valence-corrected chi connectivity index (χ2v) is 8.08. The van der Waals surface area contributed by atoms with Crippen molar-refractivity contribution in [2.75, 3.05) is 30.3 Å². The first-order valence-corrected chi connectivity index (χ1v) is 11.8. The van der Waals surface area contributed by atoms with Crippen LogP contribution in [-0.2, 0) is 11.4 Å². The van der Waals surface area contributed by atoms with Crippen LogP contribution in [0.2, 0.25) is 0 Å². The first-order chi connectivity index (χ1) is 16.6. The first-order valence-electron chi connectivity index (χ1n) is 11.8. The third kappa shape index (κ3) is 7.66. The molecule has 0 saturated carbocycles. The number of hydrogen-bond acceptors (Lipinski definition) is 4. The van der Waals surface area contributed by atoms with Crippen LogP contribution in [0, 0.1) is 0 Å². The van der Waals surface area contributed by atoms with E-state index in [4.69, 9.17) is 4.74 Å². The third-order valence-electron chi connectivity index (χ3n) is 5.20. The van der Waals surface area contributed by atoms with Crippen molar-refractivity contribution in [1.82, 2.24) is 4.90 Å². The lowest BCUT2D eigenvalue weighted by Crippen LogP contribution is -2.32. The van der Waals surface area contributed by atoms with Gasteiger partial charge in [0.15, 0.2) is 0 Å². The molecule has 0 aromatic heterocycles. The molecule has 0 atom stereocenters. The smallest absolute Gasteiger partial charge is 0.253 e. The van der Waals surface area contributed by atoms with Crippen LogP contribution in [0.3, 0.4) is 0 Å². The number of carbonyl (C=O) groups excluding carboxylic acids is 2. The molecular weight excluding hydrogens is 426 g/mol. The molecule has 0 aliphatic heterocycles. The average molecular weight is 460 g/mol. The normalized spacial score (nSPS) is 10.4. The van der Waals surface area contributed by atoms with E-state index >= 15 is 0 Å². The number of carbonyl (C=O) groups is 2. The minimum absolute atomic E-state index is 0.00904. The molecule has 0 unspecified atom stereocenters. The molecule has 0 aliphatic carbocycles. The highest BCUT2D eigenvalue weighted by molar-refractivity contribution is 5.98. The SMILES string of the molecule is CCCN(CCC)C(=O)c1cccc(NC(=O)CNc2cccc(OCc3ccccc3)c2)c1. The van der Waals surface area contributed by atoms with Crippen LogP contribution in [-0.4, -0.2) is 36.3 Å². The number of ether oxygens (including phenoxy) is 1. The van der Waals surface area contributed by atoms with Crippen LogP contribution >= 0.6 is 0 Å². The predicted molar refractivity (Wildman–Crippen MR) is 137 cm³/mol. The molecule has 0 bridgehead atoms. The Bertz CT molecular complexity index is 1060. The quantitative estimate of drug-likeness (QED) is 0.371. The monoisotopic (exact) mass is 459 g/mol. The predicted octanol–water partition coefficient (Wildman–Crippen LogP) is 5.58. The van der Waals surface area contributed by atoms with Gasteiger partial charge in [0.05, 0.1) is 6.54 Å². The summed E-state index contributed by atoms with van der Waals surface area (Å²) in [6.45, 7) is 6.14. The van der Waals surface area contributed by atoms with Gasteiger partial charge in [-0.1, -0.05) is 56.3 Å². The lowest BCUT2D eigenvalue weighted by atomic mass is 10.1. The van der Waals surface area contributed by atoms with Crippen LogP contribution in [0.1, 0.15) is 42.6 Å². The van der Waals surface area contributed by atoms with E-state index in [9.17, 15) is 9.59 Å². The Morgan fingerprint density at radius 2 is 1.53 bits per heavy atom. The summed E-state index contributed by atoms with van der Waals surface area (Å²) in [5.74, 6) is 0.522. The fourth-order valence-electron chi connectivity index (χ4n) is 3.59. The van der Waals surface area contributed by atoms with E-state index in [1.807, 2.05) is 59.5 Å². The van der Waals surface area contributed by atoms with E-state index < -0.39 is 0 Å². The molecule has 0 fully saturated rings. The Balaban J connectivity index is 1.53. The Morgan fingerprint density at radius 3 is 2.26 bits per heavy atom. The van der Waals surface area contributed by atoms with Crippen molar-refractivity contribution in [2.45, 2.75) is 33.3 Å². The van der Waals surface area contributed by atoms with Gasteiger partial charge in [-0.15, -0.1) is 0 Å². The molecule has 2 N–H and O–H groups in total. The molecular formula is C28H33N3O3. The number of anilines is 2. The number of benzene rings is 3. The zero-order valence-electron chi connectivity index (χ0n) is 19.9. The lowest BCUT2D eigenvalue weighted by molar-refractivity contribution is -0.114. The molecule has 178 valence electrons. The third-order valence-corrected chi connectivity index (χ3v) is 5.20. The average Bonchev–Trinajstić information content (AvgIpc) is 2.87. The number of nitrogens with zero attached hydrogens (tertiary/aromatic N) is 1. The zero-order valence-corrected chi connectivity index (χ0v) is 19.9. The lowest BCUT2D eigenvalue weighted by Gasteiger charge is -2.21. The van der Waals surface area contributed by atoms with Crippen molar-refractivity contribution < 1.29 is 14.3 Å². The van der Waals surface area contributed by atoms with Crippen molar-refractivity contribution in [2.24, 2.45) is 0 Å². The Kier molecular flexibility index (Phi) is 9.52. The molecule has 6 nitrogen and oxygen atoms in total. The van der Waals surface area contributed by atoms with Gasteiger partial charge >= 0.3 is 0 Å². The number of hydrogen-bond donors (Lipinski definition) is 2. The minimum atomic E-state index is -0.195. The van der Waals surface area contributed by atoms with E-state index in [0.717, 1.165) is 42.9 Å². The number of amides is 2. The van der Waals surface area contributed by atoms with Crippen molar-refractivity contribution in [1.29, 1.82) is 0 Å². The first kappa shape index (κ1) is 24.8. The fraction of sp³-hybridized carbons (Fsp3) is 0.286. The van der Waals surface area contributed by atoms with Crippen molar-refractivity contribution in [3.05, 3.63) is 90.0 Å². The molecule has 3 aromatic rings. The van der Waals surface area contributed by atoms with Crippen LogP contribution in [0.25, 0.3) is 0 Å². The second-order valence-electron chi connectivity index (χ2n) is 8.08. The highest BCUT2D eigenvalue weighted by atomic mass is 16.5. The Morgan fingerprint density at radius 1 is 0.824 bits per heavy atom. The molecule has 3 aromatic carbocycles. The molecule has 6 heteroatoms. The van der Waals surface area contributed by atoms with E-state index in [-0.39, 0.29) is 18.4 Å². The minimum Gasteiger partial charge on any atom is -0.489 e. The topological polar surface area (TPSA) is 70.7 Å². The number of nitrogens with one attached hydrogen (secondary N) is 2. The summed E-state index contributed by atoms with van der Waals surface area (Å²) in [7, 11) is 0. The van der Waals surface area contributed by atoms with Crippen LogP contribution in [0.15, 0.2) is 78.9 Å². The molecule has 0 spiro atoms. The summed E-state index contributed by atoms with van der Waals surface area (Å²) in [5.41, 5.74) is 3.06. The molecule has 0 heterocycles. The molecule has 2 amide bonds. The van der Waals surface area contributed by atoms with E-state index in [1.54, 1.807) is 24.3 Å². The van der Waals surface area contributed by atoms with E-state index in [2.05, 4.69) is 24.5 Å². The van der Waals surface area contributed by atoms with Crippen molar-refractivity contribution in [3.8, 4) is 5.75 Å². The molecule has 34 heavy (non-hydrogen) atoms. The fourth-order valence-corrected chi connectivity index (χ4v) is 3.59. The Hall–Kier alpha value is -3.80. The summed E-state index contributed by atoms with van der Waals surface area (Å²) < 4.78 is 5.85. The summed E-state index contributed by atoms with van der Waals surface area (Å²) in [5, 5.41) is 5.99. The highest BCUT2D eigenvalue weighted by Crippen LogP contribution is 2.19. The standard InChI is InChI=1S/C28H33N3O3/c1-3-16-31(17-4-2)28(33)23-12-8-14-25(18-23)30-27(32)20-29-24-13-9-15-26(19-24)34-21-22-10-6-5-7-11-22/h5-15,18-19,29H,3-4,16-17,20-21H2,1-2H3,(H,30,32). The molecule has 0 saturated heterocycles. The molecule has 0 radical (unpaired) electrons. The van der Waals surface area contributed by atoms with Crippen LogP contribution < -0.4 is 15.4 Å². The van der Waals surface area contributed by atoms with Gasteiger partial charge in [0.2, 0.25) is 5.91 Å². The van der Waals surface area contributed by atoms with Gasteiger partial charge in [-0.25, -0.2) is 0 Å². The van der Waals surface area contributed by atoms with Gasteiger partial charge in [-0.3, -0.25) is 9.59 Å². The largest absolute Gasteiger partial charge is 0.489 e. The van der Waals surface area contributed by atoms with Gasteiger partial charge in [-0.05, 0) is 48.7 Å². The van der Waals surface area contributed by atoms with Gasteiger partial charge in [-0.2, -0.15) is 0 Å². The molecule has 3 rings (SSSR count). The van der Waals surface area contributed by atoms with Crippen LogP contribution in [0.5, 0.6) is 5.75 Å². The summed E-state index contributed by atoms with van der Waals surface area (Å²) in [4.78, 5) is 27.2. The van der Waals surface area contributed by atoms with Crippen molar-refractivity contribution >= 4 is 23.2 Å².